The Kier molecular flexibility index (Phi) is 3.66. The summed E-state index contributed by atoms with van der Waals surface area (Å²) in [5, 5.41) is 0. The lowest BCUT2D eigenvalue weighted by Crippen LogP contribution is -2.09. The zero-order valence-electron chi connectivity index (χ0n) is 10.5. The van der Waals surface area contributed by atoms with Crippen molar-refractivity contribution in [2.45, 2.75) is 0 Å². The molecule has 6 nitrogen and oxygen atoms in total. The molecule has 0 spiro atoms. The van der Waals surface area contributed by atoms with Crippen molar-refractivity contribution in [1.82, 2.24) is 9.97 Å². The maximum atomic E-state index is 11.1. The molecule has 1 heterocycles. The lowest BCUT2D eigenvalue weighted by Gasteiger charge is -2.08. The lowest BCUT2D eigenvalue weighted by molar-refractivity contribution is 0.412. The van der Waals surface area contributed by atoms with Gasteiger partial charge in [0.05, 0.1) is 19.6 Å². The van der Waals surface area contributed by atoms with Crippen molar-refractivity contribution in [3.05, 3.63) is 36.8 Å². The van der Waals surface area contributed by atoms with Gasteiger partial charge in [-0.05, 0) is 12.1 Å². The molecule has 19 heavy (non-hydrogen) atoms. The highest BCUT2D eigenvalue weighted by molar-refractivity contribution is 7.92. The summed E-state index contributed by atoms with van der Waals surface area (Å²) in [5.74, 6) is 0.561. The number of anilines is 1. The van der Waals surface area contributed by atoms with E-state index in [9.17, 15) is 8.42 Å². The van der Waals surface area contributed by atoms with E-state index >= 15 is 0 Å². The maximum Gasteiger partial charge on any atom is 0.229 e. The third-order valence-corrected chi connectivity index (χ3v) is 2.97. The van der Waals surface area contributed by atoms with Gasteiger partial charge in [0.15, 0.2) is 5.75 Å². The molecule has 1 N–H and O–H groups in total. The number of sulfonamides is 1. The Labute approximate surface area is 111 Å². The highest BCUT2D eigenvalue weighted by Crippen LogP contribution is 2.27. The van der Waals surface area contributed by atoms with E-state index in [1.165, 1.54) is 6.33 Å². The van der Waals surface area contributed by atoms with Gasteiger partial charge in [0.1, 0.15) is 12.0 Å². The molecule has 0 saturated carbocycles. The molecule has 2 rings (SSSR count). The highest BCUT2D eigenvalue weighted by atomic mass is 32.2. The van der Waals surface area contributed by atoms with Crippen molar-refractivity contribution in [2.75, 3.05) is 18.1 Å². The second-order valence-electron chi connectivity index (χ2n) is 3.89. The van der Waals surface area contributed by atoms with Crippen molar-refractivity contribution in [2.24, 2.45) is 0 Å². The Morgan fingerprint density at radius 1 is 1.21 bits per heavy atom. The van der Waals surface area contributed by atoms with Gasteiger partial charge < -0.3 is 4.74 Å². The lowest BCUT2D eigenvalue weighted by atomic mass is 10.1. The second-order valence-corrected chi connectivity index (χ2v) is 5.64. The molecule has 7 heteroatoms. The number of hydrogen-bond donors (Lipinski definition) is 1. The van der Waals surface area contributed by atoms with E-state index in [-0.39, 0.29) is 0 Å². The van der Waals surface area contributed by atoms with E-state index in [4.69, 9.17) is 4.74 Å². The number of hydrogen-bond acceptors (Lipinski definition) is 5. The molecule has 0 fully saturated rings. The van der Waals surface area contributed by atoms with Crippen LogP contribution in [0.15, 0.2) is 36.8 Å². The molecule has 0 aliphatic heterocycles. The van der Waals surface area contributed by atoms with Crippen LogP contribution in [-0.2, 0) is 10.0 Å². The van der Waals surface area contributed by atoms with Crippen LogP contribution in [0.1, 0.15) is 0 Å². The van der Waals surface area contributed by atoms with Gasteiger partial charge in [-0.25, -0.2) is 18.4 Å². The minimum Gasteiger partial charge on any atom is -0.493 e. The van der Waals surface area contributed by atoms with Crippen molar-refractivity contribution in [3.8, 4) is 17.0 Å². The van der Waals surface area contributed by atoms with Gasteiger partial charge in [0.25, 0.3) is 0 Å². The first-order chi connectivity index (χ1) is 8.99. The van der Waals surface area contributed by atoms with Crippen LogP contribution in [0.3, 0.4) is 0 Å². The Balaban J connectivity index is 2.32. The number of nitrogens with one attached hydrogen (secondary N) is 1. The van der Waals surface area contributed by atoms with Gasteiger partial charge in [-0.15, -0.1) is 0 Å². The van der Waals surface area contributed by atoms with Crippen molar-refractivity contribution >= 4 is 15.7 Å². The third-order valence-electron chi connectivity index (χ3n) is 2.36. The van der Waals surface area contributed by atoms with Crippen molar-refractivity contribution < 1.29 is 13.2 Å². The van der Waals surface area contributed by atoms with E-state index in [0.717, 1.165) is 11.8 Å². The fraction of sp³-hybridized carbons (Fsp3) is 0.167. The topological polar surface area (TPSA) is 81.2 Å². The first kappa shape index (κ1) is 13.3. The summed E-state index contributed by atoms with van der Waals surface area (Å²) in [6.45, 7) is 0. The largest absolute Gasteiger partial charge is 0.493 e. The molecule has 0 amide bonds. The molecular weight excluding hydrogens is 266 g/mol. The molecule has 1 aromatic carbocycles. The molecule has 0 aliphatic rings. The zero-order chi connectivity index (χ0) is 13.9. The van der Waals surface area contributed by atoms with E-state index in [0.29, 0.717) is 17.1 Å². The van der Waals surface area contributed by atoms with Crippen molar-refractivity contribution in [1.29, 1.82) is 0 Å². The predicted molar refractivity (Wildman–Crippen MR) is 72.5 cm³/mol. The molecule has 0 unspecified atom stereocenters. The third kappa shape index (κ3) is 3.41. The summed E-state index contributed by atoms with van der Waals surface area (Å²) in [5.41, 5.74) is 1.97. The molecule has 0 radical (unpaired) electrons. The maximum absolute atomic E-state index is 11.1. The Morgan fingerprint density at radius 2 is 1.89 bits per heavy atom. The number of nitrogens with zero attached hydrogens (tertiary/aromatic N) is 2. The predicted octanol–water partition coefficient (Wildman–Crippen LogP) is 1.52. The second kappa shape index (κ2) is 5.23. The van der Waals surface area contributed by atoms with Crippen LogP contribution in [0, 0.1) is 0 Å². The SMILES string of the molecule is COc1cncnc1-c1ccc(NS(C)(=O)=O)cc1. The van der Waals surface area contributed by atoms with E-state index in [1.807, 2.05) is 0 Å². The van der Waals surface area contributed by atoms with Gasteiger partial charge in [-0.3, -0.25) is 4.72 Å². The molecule has 1 aromatic heterocycles. The van der Waals surface area contributed by atoms with Gasteiger partial charge >= 0.3 is 0 Å². The number of benzene rings is 1. The average Bonchev–Trinajstić information content (AvgIpc) is 2.38. The van der Waals surface area contributed by atoms with Crippen molar-refractivity contribution in [3.63, 3.8) is 0 Å². The summed E-state index contributed by atoms with van der Waals surface area (Å²) in [6.07, 6.45) is 4.11. The van der Waals surface area contributed by atoms with Gasteiger partial charge in [0.2, 0.25) is 10.0 Å². The summed E-state index contributed by atoms with van der Waals surface area (Å²) < 4.78 is 29.8. The first-order valence-corrected chi connectivity index (χ1v) is 7.31. The fourth-order valence-corrected chi connectivity index (χ4v) is 2.16. The quantitative estimate of drug-likeness (QED) is 0.917. The minimum atomic E-state index is -3.27. The van der Waals surface area contributed by atoms with Crippen LogP contribution in [0.4, 0.5) is 5.69 Å². The standard InChI is InChI=1S/C12H13N3O3S/c1-18-11-7-13-8-14-12(11)9-3-5-10(6-4-9)15-19(2,16)17/h3-8,15H,1-2H3. The van der Waals surface area contributed by atoms with Gasteiger partial charge in [-0.2, -0.15) is 0 Å². The molecule has 0 saturated heterocycles. The molecule has 0 atom stereocenters. The monoisotopic (exact) mass is 279 g/mol. The van der Waals surface area contributed by atoms with Gasteiger partial charge in [0, 0.05) is 11.3 Å². The normalized spacial score (nSPS) is 11.1. The molecular formula is C12H13N3O3S. The molecule has 0 aliphatic carbocycles. The number of ether oxygens (including phenoxy) is 1. The molecule has 100 valence electrons. The Morgan fingerprint density at radius 3 is 2.47 bits per heavy atom. The Bertz CT molecular complexity index is 669. The number of aromatic nitrogens is 2. The summed E-state index contributed by atoms with van der Waals surface area (Å²) >= 11 is 0. The van der Waals surface area contributed by atoms with Crippen LogP contribution in [0.5, 0.6) is 5.75 Å². The summed E-state index contributed by atoms with van der Waals surface area (Å²) in [7, 11) is -1.72. The molecule has 0 bridgehead atoms. The summed E-state index contributed by atoms with van der Waals surface area (Å²) in [4.78, 5) is 8.03. The Hall–Kier alpha value is -2.15. The van der Waals surface area contributed by atoms with E-state index in [1.54, 1.807) is 37.6 Å². The minimum absolute atomic E-state index is 0.499. The smallest absolute Gasteiger partial charge is 0.229 e. The zero-order valence-corrected chi connectivity index (χ0v) is 11.3. The van der Waals surface area contributed by atoms with Crippen LogP contribution < -0.4 is 9.46 Å². The fourth-order valence-electron chi connectivity index (χ4n) is 1.59. The van der Waals surface area contributed by atoms with Gasteiger partial charge in [-0.1, -0.05) is 12.1 Å². The highest BCUT2D eigenvalue weighted by Gasteiger charge is 2.08. The first-order valence-electron chi connectivity index (χ1n) is 5.42. The molecule has 2 aromatic rings. The van der Waals surface area contributed by atoms with Crippen LogP contribution in [0.25, 0.3) is 11.3 Å². The van der Waals surface area contributed by atoms with E-state index < -0.39 is 10.0 Å². The van der Waals surface area contributed by atoms with Crippen LogP contribution in [-0.4, -0.2) is 31.8 Å². The van der Waals surface area contributed by atoms with E-state index in [2.05, 4.69) is 14.7 Å². The average molecular weight is 279 g/mol. The van der Waals surface area contributed by atoms with Crippen LogP contribution in [0.2, 0.25) is 0 Å². The van der Waals surface area contributed by atoms with Crippen LogP contribution >= 0.6 is 0 Å². The summed E-state index contributed by atoms with van der Waals surface area (Å²) in [6, 6.07) is 6.85. The number of rotatable bonds is 4. The number of methoxy groups -OCH3 is 1.